The zero-order valence-electron chi connectivity index (χ0n) is 16.4. The minimum atomic E-state index is -0.540. The first-order chi connectivity index (χ1) is 13.1. The van der Waals surface area contributed by atoms with Gasteiger partial charge in [0.2, 0.25) is 11.8 Å². The molecule has 0 aromatic heterocycles. The van der Waals surface area contributed by atoms with E-state index in [1.165, 1.54) is 0 Å². The summed E-state index contributed by atoms with van der Waals surface area (Å²) in [6.45, 7) is 7.19. The SMILES string of the molecule is Cc1cc(NC(=O)CNC(=O)c2cccc(NC(=O)C(C)(C)C)c2)ccc1Br. The largest absolute Gasteiger partial charge is 0.343 e. The maximum atomic E-state index is 12.3. The summed E-state index contributed by atoms with van der Waals surface area (Å²) in [4.78, 5) is 36.5. The molecule has 0 saturated heterocycles. The Hall–Kier alpha value is -2.67. The topological polar surface area (TPSA) is 87.3 Å². The monoisotopic (exact) mass is 445 g/mol. The van der Waals surface area contributed by atoms with Gasteiger partial charge in [0, 0.05) is 26.8 Å². The van der Waals surface area contributed by atoms with E-state index in [1.54, 1.807) is 30.3 Å². The molecule has 0 aliphatic carbocycles. The van der Waals surface area contributed by atoms with E-state index in [2.05, 4.69) is 31.9 Å². The van der Waals surface area contributed by atoms with Crippen LogP contribution >= 0.6 is 15.9 Å². The summed E-state index contributed by atoms with van der Waals surface area (Å²) in [7, 11) is 0. The van der Waals surface area contributed by atoms with E-state index in [-0.39, 0.29) is 18.4 Å². The molecule has 148 valence electrons. The van der Waals surface area contributed by atoms with Crippen LogP contribution in [0, 0.1) is 12.3 Å². The molecule has 0 spiro atoms. The number of carbonyl (C=O) groups is 3. The van der Waals surface area contributed by atoms with E-state index < -0.39 is 11.3 Å². The van der Waals surface area contributed by atoms with Crippen LogP contribution in [0.15, 0.2) is 46.9 Å². The number of amides is 3. The molecule has 2 rings (SSSR count). The van der Waals surface area contributed by atoms with Crippen LogP contribution in [0.4, 0.5) is 11.4 Å². The lowest BCUT2D eigenvalue weighted by atomic mass is 9.95. The van der Waals surface area contributed by atoms with Gasteiger partial charge in [-0.3, -0.25) is 14.4 Å². The van der Waals surface area contributed by atoms with Gasteiger partial charge >= 0.3 is 0 Å². The van der Waals surface area contributed by atoms with Crippen LogP contribution in [-0.2, 0) is 9.59 Å². The van der Waals surface area contributed by atoms with Crippen LogP contribution in [0.2, 0.25) is 0 Å². The highest BCUT2D eigenvalue weighted by atomic mass is 79.9. The third-order valence-electron chi connectivity index (χ3n) is 3.92. The highest BCUT2D eigenvalue weighted by Gasteiger charge is 2.21. The lowest BCUT2D eigenvalue weighted by Gasteiger charge is -2.18. The molecular weight excluding hydrogens is 422 g/mol. The number of rotatable bonds is 5. The highest BCUT2D eigenvalue weighted by molar-refractivity contribution is 9.10. The molecule has 0 saturated carbocycles. The summed E-state index contributed by atoms with van der Waals surface area (Å²) in [6, 6.07) is 12.1. The lowest BCUT2D eigenvalue weighted by Crippen LogP contribution is -2.33. The summed E-state index contributed by atoms with van der Waals surface area (Å²) in [5, 5.41) is 8.10. The Morgan fingerprint density at radius 3 is 2.29 bits per heavy atom. The molecule has 3 N–H and O–H groups in total. The number of nitrogens with one attached hydrogen (secondary N) is 3. The van der Waals surface area contributed by atoms with Crippen molar-refractivity contribution < 1.29 is 14.4 Å². The maximum absolute atomic E-state index is 12.3. The van der Waals surface area contributed by atoms with Crippen molar-refractivity contribution in [3.63, 3.8) is 0 Å². The van der Waals surface area contributed by atoms with Crippen LogP contribution in [0.1, 0.15) is 36.7 Å². The normalized spacial score (nSPS) is 10.9. The van der Waals surface area contributed by atoms with Gasteiger partial charge in [0.05, 0.1) is 6.54 Å². The van der Waals surface area contributed by atoms with Gasteiger partial charge in [-0.2, -0.15) is 0 Å². The molecule has 3 amide bonds. The van der Waals surface area contributed by atoms with Gasteiger partial charge in [-0.15, -0.1) is 0 Å². The molecule has 0 unspecified atom stereocenters. The van der Waals surface area contributed by atoms with Crippen molar-refractivity contribution in [2.75, 3.05) is 17.2 Å². The Kier molecular flexibility index (Phi) is 6.96. The van der Waals surface area contributed by atoms with Gasteiger partial charge in [-0.1, -0.05) is 42.8 Å². The van der Waals surface area contributed by atoms with E-state index in [1.807, 2.05) is 39.8 Å². The molecule has 0 heterocycles. The smallest absolute Gasteiger partial charge is 0.251 e. The zero-order chi connectivity index (χ0) is 20.9. The Balaban J connectivity index is 1.93. The molecule has 0 aliphatic heterocycles. The molecule has 0 radical (unpaired) electrons. The number of halogens is 1. The van der Waals surface area contributed by atoms with Crippen LogP contribution < -0.4 is 16.0 Å². The van der Waals surface area contributed by atoms with Crippen molar-refractivity contribution in [2.24, 2.45) is 5.41 Å². The van der Waals surface area contributed by atoms with Gasteiger partial charge in [-0.25, -0.2) is 0 Å². The first-order valence-electron chi connectivity index (χ1n) is 8.82. The number of aryl methyl sites for hydroxylation is 1. The molecule has 2 aromatic carbocycles. The second kappa shape index (κ2) is 9.01. The van der Waals surface area contributed by atoms with E-state index in [0.29, 0.717) is 16.9 Å². The Labute approximate surface area is 173 Å². The summed E-state index contributed by atoms with van der Waals surface area (Å²) >= 11 is 3.41. The molecule has 28 heavy (non-hydrogen) atoms. The third-order valence-corrected chi connectivity index (χ3v) is 4.80. The molecule has 6 nitrogen and oxygen atoms in total. The van der Waals surface area contributed by atoms with Crippen molar-refractivity contribution in [3.05, 3.63) is 58.1 Å². The van der Waals surface area contributed by atoms with Crippen molar-refractivity contribution >= 4 is 45.0 Å². The summed E-state index contributed by atoms with van der Waals surface area (Å²) in [6.07, 6.45) is 0. The fourth-order valence-electron chi connectivity index (χ4n) is 2.25. The van der Waals surface area contributed by atoms with Gasteiger partial charge in [-0.05, 0) is 48.9 Å². The van der Waals surface area contributed by atoms with Gasteiger partial charge < -0.3 is 16.0 Å². The average Bonchev–Trinajstić information content (AvgIpc) is 2.62. The average molecular weight is 446 g/mol. The van der Waals surface area contributed by atoms with E-state index in [9.17, 15) is 14.4 Å². The maximum Gasteiger partial charge on any atom is 0.251 e. The second-order valence-electron chi connectivity index (χ2n) is 7.48. The van der Waals surface area contributed by atoms with E-state index in [0.717, 1.165) is 10.0 Å². The number of benzene rings is 2. The number of hydrogen-bond donors (Lipinski definition) is 3. The van der Waals surface area contributed by atoms with E-state index >= 15 is 0 Å². The molecule has 0 aliphatic rings. The third kappa shape index (κ3) is 6.20. The number of carbonyl (C=O) groups excluding carboxylic acids is 3. The van der Waals surface area contributed by atoms with Crippen molar-refractivity contribution in [1.82, 2.24) is 5.32 Å². The second-order valence-corrected chi connectivity index (χ2v) is 8.33. The van der Waals surface area contributed by atoms with Crippen LogP contribution in [0.5, 0.6) is 0 Å². The predicted octanol–water partition coefficient (Wildman–Crippen LogP) is 4.11. The Bertz CT molecular complexity index is 904. The molecule has 0 bridgehead atoms. The molecule has 2 aromatic rings. The minimum Gasteiger partial charge on any atom is -0.343 e. The van der Waals surface area contributed by atoms with Gasteiger partial charge in [0.15, 0.2) is 0 Å². The van der Waals surface area contributed by atoms with Crippen molar-refractivity contribution in [1.29, 1.82) is 0 Å². The standard InChI is InChI=1S/C21H24BrN3O3/c1-13-10-16(8-9-17(13)22)24-18(26)12-23-19(27)14-6-5-7-15(11-14)25-20(28)21(2,3)4/h5-11H,12H2,1-4H3,(H,23,27)(H,24,26)(H,25,28). The van der Waals surface area contributed by atoms with E-state index in [4.69, 9.17) is 0 Å². The molecular formula is C21H24BrN3O3. The molecule has 0 atom stereocenters. The minimum absolute atomic E-state index is 0.144. The predicted molar refractivity (Wildman–Crippen MR) is 114 cm³/mol. The van der Waals surface area contributed by atoms with Crippen LogP contribution in [0.3, 0.4) is 0 Å². The zero-order valence-corrected chi connectivity index (χ0v) is 17.9. The van der Waals surface area contributed by atoms with Crippen LogP contribution in [-0.4, -0.2) is 24.3 Å². The highest BCUT2D eigenvalue weighted by Crippen LogP contribution is 2.20. The summed E-state index contributed by atoms with van der Waals surface area (Å²) < 4.78 is 0.956. The molecule has 7 heteroatoms. The van der Waals surface area contributed by atoms with Crippen LogP contribution in [0.25, 0.3) is 0 Å². The fraction of sp³-hybridized carbons (Fsp3) is 0.286. The first-order valence-corrected chi connectivity index (χ1v) is 9.61. The van der Waals surface area contributed by atoms with Crippen molar-refractivity contribution in [2.45, 2.75) is 27.7 Å². The Morgan fingerprint density at radius 2 is 1.64 bits per heavy atom. The summed E-state index contributed by atoms with van der Waals surface area (Å²) in [5.41, 5.74) is 2.01. The Morgan fingerprint density at radius 1 is 0.964 bits per heavy atom. The summed E-state index contributed by atoms with van der Waals surface area (Å²) in [5.74, 6) is -0.865. The van der Waals surface area contributed by atoms with Gasteiger partial charge in [0.25, 0.3) is 5.91 Å². The molecule has 0 fully saturated rings. The van der Waals surface area contributed by atoms with Crippen molar-refractivity contribution in [3.8, 4) is 0 Å². The quantitative estimate of drug-likeness (QED) is 0.646. The fourth-order valence-corrected chi connectivity index (χ4v) is 2.49. The number of anilines is 2. The van der Waals surface area contributed by atoms with Gasteiger partial charge in [0.1, 0.15) is 0 Å². The lowest BCUT2D eigenvalue weighted by molar-refractivity contribution is -0.123. The first kappa shape index (κ1) is 21.6. The number of hydrogen-bond acceptors (Lipinski definition) is 3.